The van der Waals surface area contributed by atoms with Crippen molar-refractivity contribution in [3.8, 4) is 16.9 Å². The molecular formula is C27H23F4N3O5S. The number of carbonyl (C=O) groups is 2. The molecule has 0 spiro atoms. The molecule has 8 nitrogen and oxygen atoms in total. The highest BCUT2D eigenvalue weighted by Crippen LogP contribution is 2.45. The molecule has 2 aliphatic rings. The van der Waals surface area contributed by atoms with Gasteiger partial charge in [-0.3, -0.25) is 9.59 Å². The number of amides is 2. The Bertz CT molecular complexity index is 1600. The Morgan fingerprint density at radius 1 is 1.07 bits per heavy atom. The summed E-state index contributed by atoms with van der Waals surface area (Å²) in [5.41, 5.74) is -4.89. The summed E-state index contributed by atoms with van der Waals surface area (Å²) in [6.07, 6.45) is 7.45. The number of ether oxygens (including phenoxy) is 1. The Kier molecular flexibility index (Phi) is 6.94. The predicted octanol–water partition coefficient (Wildman–Crippen LogP) is 4.68. The summed E-state index contributed by atoms with van der Waals surface area (Å²) >= 11 is 0. The fourth-order valence-electron chi connectivity index (χ4n) is 5.32. The number of sulfone groups is 1. The number of aromatic nitrogens is 1. The van der Waals surface area contributed by atoms with Gasteiger partial charge in [0.25, 0.3) is 15.7 Å². The summed E-state index contributed by atoms with van der Waals surface area (Å²) in [6, 6.07) is 7.31. The maximum atomic E-state index is 14.7. The zero-order valence-electron chi connectivity index (χ0n) is 20.8. The van der Waals surface area contributed by atoms with Crippen LogP contribution in [0, 0.1) is 23.6 Å². The summed E-state index contributed by atoms with van der Waals surface area (Å²) in [6.45, 7) is 0. The van der Waals surface area contributed by atoms with Crippen molar-refractivity contribution >= 4 is 27.3 Å². The largest absolute Gasteiger partial charge is 0.501 e. The van der Waals surface area contributed by atoms with E-state index >= 15 is 0 Å². The van der Waals surface area contributed by atoms with Gasteiger partial charge in [-0.1, -0.05) is 18.2 Å². The number of rotatable bonds is 7. The minimum absolute atomic E-state index is 0.00308. The van der Waals surface area contributed by atoms with Crippen molar-refractivity contribution in [2.75, 3.05) is 12.4 Å². The first-order valence-corrected chi connectivity index (χ1v) is 13.6. The van der Waals surface area contributed by atoms with Gasteiger partial charge in [-0.2, -0.15) is 13.2 Å². The molecule has 0 saturated heterocycles. The second-order valence-corrected chi connectivity index (χ2v) is 11.5. The molecule has 0 unspecified atom stereocenters. The topological polar surface area (TPSA) is 117 Å². The van der Waals surface area contributed by atoms with E-state index in [4.69, 9.17) is 4.74 Å². The number of aromatic amines is 1. The van der Waals surface area contributed by atoms with Crippen molar-refractivity contribution in [1.29, 1.82) is 0 Å². The molecule has 2 bridgehead atoms. The Morgan fingerprint density at radius 2 is 1.82 bits per heavy atom. The van der Waals surface area contributed by atoms with Crippen LogP contribution < -0.4 is 15.4 Å². The molecule has 4 atom stereocenters. The molecular weight excluding hydrogens is 554 g/mol. The van der Waals surface area contributed by atoms with E-state index in [0.717, 1.165) is 24.3 Å². The highest BCUT2D eigenvalue weighted by molar-refractivity contribution is 7.92. The van der Waals surface area contributed by atoms with Gasteiger partial charge in [0.05, 0.1) is 23.5 Å². The van der Waals surface area contributed by atoms with Gasteiger partial charge in [-0.25, -0.2) is 12.8 Å². The fraction of sp³-hybridized carbons (Fsp3) is 0.259. The number of allylic oxidation sites excluding steroid dienone is 1. The lowest BCUT2D eigenvalue weighted by atomic mass is 9.87. The SMILES string of the molecule is COc1cc(F)c(-c2cc[nH]c2)cc1C(=O)N[C@H]1[C@@H](C(=O)Nc2cccc(S(=O)(=O)C(F)(F)F)c2)[C@@H]2C=C[C@H]1C2. The Hall–Kier alpha value is -4.13. The summed E-state index contributed by atoms with van der Waals surface area (Å²) in [5.74, 6) is -3.05. The number of carbonyl (C=O) groups excluding carboxylic acids is 2. The smallest absolute Gasteiger partial charge is 0.496 e. The molecule has 2 aromatic carbocycles. The predicted molar refractivity (Wildman–Crippen MR) is 137 cm³/mol. The first kappa shape index (κ1) is 27.4. The molecule has 210 valence electrons. The van der Waals surface area contributed by atoms with Gasteiger partial charge in [0.15, 0.2) is 0 Å². The van der Waals surface area contributed by atoms with Crippen LogP contribution in [0.15, 0.2) is 71.9 Å². The highest BCUT2D eigenvalue weighted by Gasteiger charge is 2.49. The van der Waals surface area contributed by atoms with Crippen molar-refractivity contribution in [2.45, 2.75) is 22.9 Å². The maximum absolute atomic E-state index is 14.7. The monoisotopic (exact) mass is 577 g/mol. The Morgan fingerprint density at radius 3 is 2.50 bits per heavy atom. The van der Waals surface area contributed by atoms with E-state index in [2.05, 4.69) is 15.6 Å². The van der Waals surface area contributed by atoms with Gasteiger partial charge in [0.2, 0.25) is 5.91 Å². The van der Waals surface area contributed by atoms with Gasteiger partial charge >= 0.3 is 5.51 Å². The number of benzene rings is 2. The maximum Gasteiger partial charge on any atom is 0.501 e. The van der Waals surface area contributed by atoms with Crippen molar-refractivity contribution in [2.24, 2.45) is 17.8 Å². The molecule has 3 N–H and O–H groups in total. The molecule has 0 radical (unpaired) electrons. The lowest BCUT2D eigenvalue weighted by Crippen LogP contribution is -2.47. The molecule has 1 fully saturated rings. The Balaban J connectivity index is 1.39. The van der Waals surface area contributed by atoms with Crippen LogP contribution in [-0.4, -0.2) is 43.9 Å². The van der Waals surface area contributed by atoms with E-state index in [1.807, 2.05) is 12.2 Å². The van der Waals surface area contributed by atoms with Crippen LogP contribution in [0.2, 0.25) is 0 Å². The summed E-state index contributed by atoms with van der Waals surface area (Å²) in [4.78, 5) is 28.6. The first-order valence-electron chi connectivity index (χ1n) is 12.1. The zero-order chi connectivity index (χ0) is 28.8. The number of nitrogens with one attached hydrogen (secondary N) is 3. The van der Waals surface area contributed by atoms with Crippen LogP contribution in [0.5, 0.6) is 5.75 Å². The number of hydrogen-bond donors (Lipinski definition) is 3. The molecule has 0 aliphatic heterocycles. The zero-order valence-corrected chi connectivity index (χ0v) is 21.6. The van der Waals surface area contributed by atoms with Crippen LogP contribution in [0.4, 0.5) is 23.2 Å². The van der Waals surface area contributed by atoms with Crippen molar-refractivity contribution in [3.05, 3.63) is 78.4 Å². The van der Waals surface area contributed by atoms with Crippen molar-refractivity contribution in [1.82, 2.24) is 10.3 Å². The number of hydrogen-bond acceptors (Lipinski definition) is 5. The summed E-state index contributed by atoms with van der Waals surface area (Å²) < 4.78 is 82.6. The molecule has 13 heteroatoms. The second-order valence-electron chi connectivity index (χ2n) is 9.57. The third kappa shape index (κ3) is 4.85. The number of anilines is 1. The highest BCUT2D eigenvalue weighted by atomic mass is 32.2. The minimum atomic E-state index is -5.61. The van der Waals surface area contributed by atoms with E-state index in [1.54, 1.807) is 18.5 Å². The van der Waals surface area contributed by atoms with Crippen LogP contribution in [-0.2, 0) is 14.6 Å². The standard InChI is InChI=1S/C27H23F4N3O5S/c1-39-22-12-21(28)19(16-7-8-32-13-16)11-20(22)25(35)34-24-15-6-5-14(9-15)23(24)26(36)33-17-3-2-4-18(10-17)40(37,38)27(29,30)31/h2-8,10-15,23-24,32H,9H2,1H3,(H,33,36)(H,34,35)/t14-,15+,23+,24-/m1/s1. The van der Waals surface area contributed by atoms with Gasteiger partial charge in [-0.15, -0.1) is 0 Å². The van der Waals surface area contributed by atoms with Crippen molar-refractivity contribution in [3.63, 3.8) is 0 Å². The Labute approximate surface area is 226 Å². The van der Waals surface area contributed by atoms with Crippen LogP contribution in [0.1, 0.15) is 16.8 Å². The fourth-order valence-corrected chi connectivity index (χ4v) is 6.13. The normalized spacial score (nSPS) is 21.8. The average molecular weight is 578 g/mol. The van der Waals surface area contributed by atoms with Crippen LogP contribution >= 0.6 is 0 Å². The quantitative estimate of drug-likeness (QED) is 0.279. The summed E-state index contributed by atoms with van der Waals surface area (Å²) in [7, 11) is -4.31. The van der Waals surface area contributed by atoms with E-state index in [-0.39, 0.29) is 34.4 Å². The van der Waals surface area contributed by atoms with Crippen molar-refractivity contribution < 1.29 is 40.3 Å². The van der Waals surface area contributed by atoms with E-state index in [1.165, 1.54) is 19.2 Å². The lowest BCUT2D eigenvalue weighted by molar-refractivity contribution is -0.121. The third-order valence-corrected chi connectivity index (χ3v) is 8.70. The lowest BCUT2D eigenvalue weighted by Gasteiger charge is -2.28. The minimum Gasteiger partial charge on any atom is -0.496 e. The third-order valence-electron chi connectivity index (χ3n) is 7.22. The van der Waals surface area contributed by atoms with E-state index in [0.29, 0.717) is 12.0 Å². The molecule has 2 aliphatic carbocycles. The van der Waals surface area contributed by atoms with Crippen LogP contribution in [0.25, 0.3) is 11.1 Å². The molecule has 40 heavy (non-hydrogen) atoms. The molecule has 1 aromatic heterocycles. The first-order chi connectivity index (χ1) is 18.9. The average Bonchev–Trinajstić information content (AvgIpc) is 3.66. The molecule has 3 aromatic rings. The number of methoxy groups -OCH3 is 1. The molecule has 1 saturated carbocycles. The molecule has 5 rings (SSSR count). The summed E-state index contributed by atoms with van der Waals surface area (Å²) in [5, 5.41) is 5.36. The number of fused-ring (bicyclic) bond motifs is 2. The van der Waals surface area contributed by atoms with Gasteiger partial charge in [0, 0.05) is 41.3 Å². The number of H-pyrrole nitrogens is 1. The van der Waals surface area contributed by atoms with Crippen LogP contribution in [0.3, 0.4) is 0 Å². The number of halogens is 4. The molecule has 2 amide bonds. The van der Waals surface area contributed by atoms with E-state index < -0.39 is 49.8 Å². The van der Waals surface area contributed by atoms with E-state index in [9.17, 15) is 35.6 Å². The second kappa shape index (κ2) is 10.1. The molecule has 1 heterocycles. The number of alkyl halides is 3. The van der Waals surface area contributed by atoms with Gasteiger partial charge in [0.1, 0.15) is 11.6 Å². The van der Waals surface area contributed by atoms with Gasteiger partial charge < -0.3 is 20.4 Å². The van der Waals surface area contributed by atoms with Gasteiger partial charge in [-0.05, 0) is 48.6 Å².